The minimum Gasteiger partial charge on any atom is -0.476 e. The molecule has 0 aliphatic carbocycles. The topological polar surface area (TPSA) is 97.1 Å². The molecule has 4 aromatic rings. The van der Waals surface area contributed by atoms with Crippen molar-refractivity contribution in [2.75, 3.05) is 5.32 Å². The van der Waals surface area contributed by atoms with Crippen LogP contribution in [0.5, 0.6) is 0 Å². The third kappa shape index (κ3) is 4.29. The lowest BCUT2D eigenvalue weighted by Crippen LogP contribution is -2.22. The third-order valence-electron chi connectivity index (χ3n) is 5.36. The fourth-order valence-corrected chi connectivity index (χ4v) is 3.91. The molecule has 2 aromatic heterocycles. The summed E-state index contributed by atoms with van der Waals surface area (Å²) >= 11 is 5.86. The molecule has 1 atom stereocenters. The lowest BCUT2D eigenvalue weighted by Gasteiger charge is -2.20. The van der Waals surface area contributed by atoms with E-state index in [4.69, 9.17) is 16.6 Å². The molecule has 0 saturated heterocycles. The molecular formula is C24H20ClFN4O3. The van der Waals surface area contributed by atoms with E-state index in [2.05, 4.69) is 10.3 Å². The van der Waals surface area contributed by atoms with Crippen LogP contribution in [0.15, 0.2) is 53.3 Å². The summed E-state index contributed by atoms with van der Waals surface area (Å²) in [6, 6.07) is 12.0. The second kappa shape index (κ2) is 8.63. The number of nitrogens with one attached hydrogen (secondary N) is 1. The molecule has 168 valence electrons. The van der Waals surface area contributed by atoms with Crippen LogP contribution in [0, 0.1) is 12.7 Å². The number of aryl methyl sites for hydroxylation is 1. The van der Waals surface area contributed by atoms with Gasteiger partial charge in [-0.1, -0.05) is 17.7 Å². The highest BCUT2D eigenvalue weighted by Gasteiger charge is 2.20. The number of nitrogens with zero attached hydrogens (tertiary/aromatic N) is 3. The molecule has 0 bridgehead atoms. The maximum atomic E-state index is 13.4. The van der Waals surface area contributed by atoms with E-state index in [1.54, 1.807) is 31.3 Å². The molecule has 0 saturated carbocycles. The van der Waals surface area contributed by atoms with Gasteiger partial charge in [0.25, 0.3) is 5.56 Å². The first-order valence-corrected chi connectivity index (χ1v) is 10.5. The predicted molar refractivity (Wildman–Crippen MR) is 125 cm³/mol. The van der Waals surface area contributed by atoms with E-state index < -0.39 is 12.0 Å². The van der Waals surface area contributed by atoms with Gasteiger partial charge in [0.15, 0.2) is 5.69 Å². The van der Waals surface area contributed by atoms with Gasteiger partial charge in [0, 0.05) is 18.2 Å². The van der Waals surface area contributed by atoms with Gasteiger partial charge in [-0.3, -0.25) is 9.36 Å². The second-order valence-corrected chi connectivity index (χ2v) is 8.15. The number of carboxylic acid groups (broad SMARTS) is 1. The monoisotopic (exact) mass is 466 g/mol. The van der Waals surface area contributed by atoms with E-state index in [-0.39, 0.29) is 27.9 Å². The lowest BCUT2D eigenvalue weighted by atomic mass is 10.0. The quantitative estimate of drug-likeness (QED) is 0.403. The number of hydrogen-bond donors (Lipinski definition) is 2. The van der Waals surface area contributed by atoms with Crippen LogP contribution in [0.25, 0.3) is 22.3 Å². The molecule has 33 heavy (non-hydrogen) atoms. The van der Waals surface area contributed by atoms with E-state index in [0.29, 0.717) is 27.9 Å². The van der Waals surface area contributed by atoms with Gasteiger partial charge >= 0.3 is 5.97 Å². The highest BCUT2D eigenvalue weighted by Crippen LogP contribution is 2.29. The van der Waals surface area contributed by atoms with E-state index in [9.17, 15) is 19.1 Å². The first kappa shape index (κ1) is 22.4. The first-order valence-electron chi connectivity index (χ1n) is 10.1. The Morgan fingerprint density at radius 3 is 2.52 bits per heavy atom. The Kier molecular flexibility index (Phi) is 5.86. The molecular weight excluding hydrogens is 447 g/mol. The SMILES string of the molecule is Cc1cc([C@@H](C)Nc2ccc(Cl)nc2C(=O)O)c2nc(-c3ccc(F)cc3)n(C)c(=O)c2c1. The van der Waals surface area contributed by atoms with Crippen molar-refractivity contribution in [3.8, 4) is 11.4 Å². The molecule has 0 spiro atoms. The highest BCUT2D eigenvalue weighted by atomic mass is 35.5. The number of anilines is 1. The number of rotatable bonds is 5. The number of aromatic carboxylic acids is 1. The van der Waals surface area contributed by atoms with Crippen LogP contribution in [0.3, 0.4) is 0 Å². The van der Waals surface area contributed by atoms with E-state index in [1.807, 2.05) is 19.9 Å². The number of carbonyl (C=O) groups is 1. The summed E-state index contributed by atoms with van der Waals surface area (Å²) < 4.78 is 14.9. The molecule has 0 aliphatic heterocycles. The number of aromatic nitrogens is 3. The normalized spacial score (nSPS) is 12.0. The number of benzene rings is 2. The Balaban J connectivity index is 1.88. The van der Waals surface area contributed by atoms with Gasteiger partial charge in [-0.25, -0.2) is 19.2 Å². The van der Waals surface area contributed by atoms with E-state index >= 15 is 0 Å². The molecule has 4 rings (SSSR count). The van der Waals surface area contributed by atoms with Crippen molar-refractivity contribution in [2.24, 2.45) is 7.05 Å². The summed E-state index contributed by atoms with van der Waals surface area (Å²) in [6.07, 6.45) is 0. The summed E-state index contributed by atoms with van der Waals surface area (Å²) in [7, 11) is 1.62. The summed E-state index contributed by atoms with van der Waals surface area (Å²) in [5, 5.41) is 13.1. The number of carboxylic acids is 1. The number of fused-ring (bicyclic) bond motifs is 1. The highest BCUT2D eigenvalue weighted by molar-refractivity contribution is 6.29. The zero-order valence-electron chi connectivity index (χ0n) is 18.1. The van der Waals surface area contributed by atoms with Gasteiger partial charge in [0.2, 0.25) is 0 Å². The molecule has 2 aromatic carbocycles. The Morgan fingerprint density at radius 1 is 1.15 bits per heavy atom. The van der Waals surface area contributed by atoms with Crippen LogP contribution in [-0.2, 0) is 7.05 Å². The third-order valence-corrected chi connectivity index (χ3v) is 5.57. The summed E-state index contributed by atoms with van der Waals surface area (Å²) in [6.45, 7) is 3.71. The minimum absolute atomic E-state index is 0.0701. The van der Waals surface area contributed by atoms with Crippen molar-refractivity contribution < 1.29 is 14.3 Å². The molecule has 0 aliphatic rings. The maximum absolute atomic E-state index is 13.4. The Labute approximate surface area is 193 Å². The van der Waals surface area contributed by atoms with Gasteiger partial charge in [0.1, 0.15) is 16.8 Å². The van der Waals surface area contributed by atoms with Crippen LogP contribution in [0.4, 0.5) is 10.1 Å². The number of hydrogen-bond acceptors (Lipinski definition) is 5. The molecule has 2 heterocycles. The summed E-state index contributed by atoms with van der Waals surface area (Å²) in [4.78, 5) is 33.5. The minimum atomic E-state index is -1.22. The fraction of sp³-hybridized carbons (Fsp3) is 0.167. The Bertz CT molecular complexity index is 1450. The number of pyridine rings is 1. The molecule has 0 fully saturated rings. The smallest absolute Gasteiger partial charge is 0.356 e. The summed E-state index contributed by atoms with van der Waals surface area (Å²) in [5.41, 5.74) is 2.47. The molecule has 9 heteroatoms. The van der Waals surface area contributed by atoms with Gasteiger partial charge in [-0.2, -0.15) is 0 Å². The average molecular weight is 467 g/mol. The van der Waals surface area contributed by atoms with Crippen LogP contribution in [0.2, 0.25) is 5.15 Å². The average Bonchev–Trinajstić information content (AvgIpc) is 2.77. The van der Waals surface area contributed by atoms with Gasteiger partial charge in [-0.05, 0) is 61.9 Å². The second-order valence-electron chi connectivity index (χ2n) is 7.76. The van der Waals surface area contributed by atoms with Crippen molar-refractivity contribution in [1.82, 2.24) is 14.5 Å². The predicted octanol–water partition coefficient (Wildman–Crippen LogP) is 4.97. The molecule has 7 nitrogen and oxygen atoms in total. The molecule has 0 amide bonds. The molecule has 0 radical (unpaired) electrons. The fourth-order valence-electron chi connectivity index (χ4n) is 3.77. The molecule has 2 N–H and O–H groups in total. The maximum Gasteiger partial charge on any atom is 0.356 e. The standard InChI is InChI=1S/C24H20ClFN4O3/c1-12-10-16(13(2)27-18-8-9-19(25)28-21(18)24(32)33)20-17(11-12)23(31)30(3)22(29-20)14-4-6-15(26)7-5-14/h4-11,13,27H,1-3H3,(H,32,33)/t13-/m1/s1. The largest absolute Gasteiger partial charge is 0.476 e. The van der Waals surface area contributed by atoms with Gasteiger partial charge in [0.05, 0.1) is 22.6 Å². The van der Waals surface area contributed by atoms with Crippen LogP contribution in [0.1, 0.15) is 34.6 Å². The Hall–Kier alpha value is -3.78. The molecule has 0 unspecified atom stereocenters. The summed E-state index contributed by atoms with van der Waals surface area (Å²) in [5.74, 6) is -1.21. The van der Waals surface area contributed by atoms with Gasteiger partial charge in [-0.15, -0.1) is 0 Å². The number of halogens is 2. The zero-order valence-corrected chi connectivity index (χ0v) is 18.8. The van der Waals surface area contributed by atoms with Crippen molar-refractivity contribution >= 4 is 34.2 Å². The van der Waals surface area contributed by atoms with E-state index in [0.717, 1.165) is 5.56 Å². The lowest BCUT2D eigenvalue weighted by molar-refractivity contribution is 0.0691. The van der Waals surface area contributed by atoms with Gasteiger partial charge < -0.3 is 10.4 Å². The zero-order chi connectivity index (χ0) is 23.9. The van der Waals surface area contributed by atoms with Crippen molar-refractivity contribution in [2.45, 2.75) is 19.9 Å². The Morgan fingerprint density at radius 2 is 1.85 bits per heavy atom. The van der Waals surface area contributed by atoms with Crippen molar-refractivity contribution in [3.05, 3.63) is 86.7 Å². The van der Waals surface area contributed by atoms with Crippen LogP contribution >= 0.6 is 11.6 Å². The van der Waals surface area contributed by atoms with Crippen molar-refractivity contribution in [3.63, 3.8) is 0 Å². The van der Waals surface area contributed by atoms with Crippen LogP contribution in [-0.4, -0.2) is 25.6 Å². The van der Waals surface area contributed by atoms with E-state index in [1.165, 1.54) is 22.8 Å². The van der Waals surface area contributed by atoms with Crippen molar-refractivity contribution in [1.29, 1.82) is 0 Å². The van der Waals surface area contributed by atoms with Crippen LogP contribution < -0.4 is 10.9 Å². The first-order chi connectivity index (χ1) is 15.7.